The molecule has 0 aliphatic carbocycles. The predicted molar refractivity (Wildman–Crippen MR) is 122 cm³/mol. The molecule has 5 nitrogen and oxygen atoms in total. The van der Waals surface area contributed by atoms with E-state index in [4.69, 9.17) is 13.9 Å². The van der Waals surface area contributed by atoms with Crippen LogP contribution in [0.1, 0.15) is 5.56 Å². The van der Waals surface area contributed by atoms with Crippen LogP contribution in [0.15, 0.2) is 88.1 Å². The summed E-state index contributed by atoms with van der Waals surface area (Å²) < 4.78 is 17.4. The van der Waals surface area contributed by atoms with Crippen LogP contribution >= 0.6 is 0 Å². The van der Waals surface area contributed by atoms with Crippen LogP contribution in [0.4, 0.5) is 5.88 Å². The molecule has 0 spiro atoms. The molecule has 0 saturated carbocycles. The number of anilines is 1. The molecule has 1 fully saturated rings. The fourth-order valence-electron chi connectivity index (χ4n) is 3.75. The van der Waals surface area contributed by atoms with E-state index in [2.05, 4.69) is 4.90 Å². The molecule has 5 heteroatoms. The molecular formula is C26H23NO4. The smallest absolute Gasteiger partial charge is 0.200 e. The molecule has 31 heavy (non-hydrogen) atoms. The van der Waals surface area contributed by atoms with Crippen molar-refractivity contribution in [3.63, 3.8) is 0 Å². The average molecular weight is 413 g/mol. The summed E-state index contributed by atoms with van der Waals surface area (Å²) >= 11 is 0. The maximum absolute atomic E-state index is 12.6. The van der Waals surface area contributed by atoms with Crippen LogP contribution in [0.3, 0.4) is 0 Å². The van der Waals surface area contributed by atoms with Gasteiger partial charge in [-0.3, -0.25) is 4.79 Å². The fraction of sp³-hybridized carbons (Fsp3) is 0.192. The Morgan fingerprint density at radius 2 is 1.58 bits per heavy atom. The van der Waals surface area contributed by atoms with Crippen LogP contribution in [0.2, 0.25) is 0 Å². The average Bonchev–Trinajstić information content (AvgIpc) is 2.84. The number of ether oxygens (including phenoxy) is 2. The molecule has 2 heterocycles. The second-order valence-electron chi connectivity index (χ2n) is 7.56. The minimum absolute atomic E-state index is 0.0287. The summed E-state index contributed by atoms with van der Waals surface area (Å²) in [7, 11) is 0. The lowest BCUT2D eigenvalue weighted by Gasteiger charge is -2.27. The summed E-state index contributed by atoms with van der Waals surface area (Å²) in [6.45, 7) is 3.25. The van der Waals surface area contributed by atoms with Gasteiger partial charge in [-0.05, 0) is 41.0 Å². The molecule has 1 aliphatic heterocycles. The van der Waals surface area contributed by atoms with Crippen molar-refractivity contribution in [2.45, 2.75) is 6.61 Å². The quantitative estimate of drug-likeness (QED) is 0.467. The largest absolute Gasteiger partial charge is 0.489 e. The van der Waals surface area contributed by atoms with E-state index < -0.39 is 0 Å². The maximum Gasteiger partial charge on any atom is 0.200 e. The van der Waals surface area contributed by atoms with Crippen molar-refractivity contribution in [1.82, 2.24) is 0 Å². The van der Waals surface area contributed by atoms with Crippen molar-refractivity contribution in [3.8, 4) is 16.9 Å². The number of hydrogen-bond acceptors (Lipinski definition) is 5. The first-order chi connectivity index (χ1) is 15.3. The van der Waals surface area contributed by atoms with Crippen LogP contribution < -0.4 is 15.1 Å². The number of hydrogen-bond donors (Lipinski definition) is 0. The van der Waals surface area contributed by atoms with Crippen molar-refractivity contribution in [2.75, 3.05) is 31.2 Å². The van der Waals surface area contributed by atoms with E-state index >= 15 is 0 Å². The molecule has 3 aromatic carbocycles. The Bertz CT molecular complexity index is 1230. The van der Waals surface area contributed by atoms with E-state index in [9.17, 15) is 4.79 Å². The summed E-state index contributed by atoms with van der Waals surface area (Å²) in [4.78, 5) is 14.6. The molecule has 0 radical (unpaired) electrons. The van der Waals surface area contributed by atoms with Gasteiger partial charge < -0.3 is 18.8 Å². The van der Waals surface area contributed by atoms with Crippen molar-refractivity contribution >= 4 is 16.9 Å². The van der Waals surface area contributed by atoms with Gasteiger partial charge in [0.15, 0.2) is 11.3 Å². The van der Waals surface area contributed by atoms with Crippen LogP contribution in [-0.2, 0) is 11.3 Å². The highest BCUT2D eigenvalue weighted by Gasteiger charge is 2.15. The molecule has 1 saturated heterocycles. The molecule has 5 rings (SSSR count). The third-order valence-electron chi connectivity index (χ3n) is 5.47. The van der Waals surface area contributed by atoms with E-state index in [1.165, 1.54) is 0 Å². The Kier molecular flexibility index (Phi) is 5.42. The molecular weight excluding hydrogens is 390 g/mol. The Morgan fingerprint density at radius 1 is 0.839 bits per heavy atom. The van der Waals surface area contributed by atoms with E-state index in [-0.39, 0.29) is 5.43 Å². The molecule has 4 aromatic rings. The number of benzene rings is 3. The van der Waals surface area contributed by atoms with Gasteiger partial charge in [-0.2, -0.15) is 0 Å². The van der Waals surface area contributed by atoms with Gasteiger partial charge in [0.2, 0.25) is 0 Å². The van der Waals surface area contributed by atoms with E-state index in [0.717, 1.165) is 35.5 Å². The SMILES string of the molecule is O=c1cc(N2CCOCC2)oc2cc(-c3ccc(OCc4ccccc4)cc3)ccc12. The fourth-order valence-corrected chi connectivity index (χ4v) is 3.75. The zero-order valence-corrected chi connectivity index (χ0v) is 17.1. The highest BCUT2D eigenvalue weighted by Crippen LogP contribution is 2.27. The van der Waals surface area contributed by atoms with Gasteiger partial charge in [0.05, 0.1) is 18.6 Å². The molecule has 0 unspecified atom stereocenters. The number of morpholine rings is 1. The molecule has 156 valence electrons. The minimum atomic E-state index is -0.0287. The summed E-state index contributed by atoms with van der Waals surface area (Å²) in [5, 5.41) is 0.587. The number of fused-ring (bicyclic) bond motifs is 1. The Morgan fingerprint density at radius 3 is 2.35 bits per heavy atom. The van der Waals surface area contributed by atoms with Crippen LogP contribution in [0, 0.1) is 0 Å². The third kappa shape index (κ3) is 4.32. The lowest BCUT2D eigenvalue weighted by molar-refractivity contribution is 0.121. The Balaban J connectivity index is 1.38. The highest BCUT2D eigenvalue weighted by atomic mass is 16.5. The predicted octanol–water partition coefficient (Wildman–Crippen LogP) is 4.88. The molecule has 1 aliphatic rings. The second-order valence-corrected chi connectivity index (χ2v) is 7.56. The minimum Gasteiger partial charge on any atom is -0.489 e. The van der Waals surface area contributed by atoms with Gasteiger partial charge in [0, 0.05) is 19.2 Å². The lowest BCUT2D eigenvalue weighted by Crippen LogP contribution is -2.36. The number of rotatable bonds is 5. The Labute approximate surface area is 180 Å². The van der Waals surface area contributed by atoms with Gasteiger partial charge in [-0.1, -0.05) is 48.5 Å². The maximum atomic E-state index is 12.6. The molecule has 1 aromatic heterocycles. The summed E-state index contributed by atoms with van der Waals surface area (Å²) in [5.41, 5.74) is 3.72. The van der Waals surface area contributed by atoms with Gasteiger partial charge in [-0.25, -0.2) is 0 Å². The molecule has 0 atom stereocenters. The van der Waals surface area contributed by atoms with Crippen LogP contribution in [0.25, 0.3) is 22.1 Å². The standard InChI is InChI=1S/C26H23NO4/c28-24-17-26(27-12-14-29-15-13-27)31-25-16-21(8-11-23(24)25)20-6-9-22(10-7-20)30-18-19-4-2-1-3-5-19/h1-11,16-17H,12-15,18H2. The highest BCUT2D eigenvalue weighted by molar-refractivity contribution is 5.83. The van der Waals surface area contributed by atoms with Crippen LogP contribution in [0.5, 0.6) is 5.75 Å². The van der Waals surface area contributed by atoms with Gasteiger partial charge in [-0.15, -0.1) is 0 Å². The van der Waals surface area contributed by atoms with Crippen molar-refractivity contribution < 1.29 is 13.9 Å². The number of nitrogens with zero attached hydrogens (tertiary/aromatic N) is 1. The second kappa shape index (κ2) is 8.66. The first-order valence-electron chi connectivity index (χ1n) is 10.4. The van der Waals surface area contributed by atoms with E-state index in [1.807, 2.05) is 72.8 Å². The van der Waals surface area contributed by atoms with Crippen molar-refractivity contribution in [1.29, 1.82) is 0 Å². The van der Waals surface area contributed by atoms with E-state index in [0.29, 0.717) is 36.7 Å². The molecule has 0 amide bonds. The summed E-state index contributed by atoms with van der Waals surface area (Å²) in [5.74, 6) is 1.41. The van der Waals surface area contributed by atoms with Crippen LogP contribution in [-0.4, -0.2) is 26.3 Å². The van der Waals surface area contributed by atoms with Crippen molar-refractivity contribution in [2.24, 2.45) is 0 Å². The van der Waals surface area contributed by atoms with Gasteiger partial charge >= 0.3 is 0 Å². The summed E-state index contributed by atoms with van der Waals surface area (Å²) in [6, 6.07) is 25.3. The third-order valence-corrected chi connectivity index (χ3v) is 5.47. The zero-order valence-electron chi connectivity index (χ0n) is 17.1. The van der Waals surface area contributed by atoms with E-state index in [1.54, 1.807) is 6.07 Å². The monoisotopic (exact) mass is 413 g/mol. The van der Waals surface area contributed by atoms with Gasteiger partial charge in [0.25, 0.3) is 0 Å². The normalized spacial score (nSPS) is 14.0. The Hall–Kier alpha value is -3.57. The summed E-state index contributed by atoms with van der Waals surface area (Å²) in [6.07, 6.45) is 0. The topological polar surface area (TPSA) is 51.9 Å². The zero-order chi connectivity index (χ0) is 21.0. The lowest BCUT2D eigenvalue weighted by atomic mass is 10.0. The van der Waals surface area contributed by atoms with Crippen molar-refractivity contribution in [3.05, 3.63) is 94.6 Å². The molecule has 0 bridgehead atoms. The first kappa shape index (κ1) is 19.4. The molecule has 0 N–H and O–H groups in total. The first-order valence-corrected chi connectivity index (χ1v) is 10.4. The van der Waals surface area contributed by atoms with Gasteiger partial charge in [0.1, 0.15) is 17.9 Å².